The summed E-state index contributed by atoms with van der Waals surface area (Å²) in [7, 11) is 0. The molecule has 0 aromatic heterocycles. The molecule has 0 aromatic carbocycles. The van der Waals surface area contributed by atoms with Crippen LogP contribution < -0.4 is 0 Å². The van der Waals surface area contributed by atoms with Crippen LogP contribution >= 0.6 is 69.6 Å². The first-order valence-electron chi connectivity index (χ1n) is 4.74. The molecule has 0 heterocycles. The van der Waals surface area contributed by atoms with Crippen molar-refractivity contribution >= 4 is 69.6 Å². The van der Waals surface area contributed by atoms with Crippen molar-refractivity contribution < 1.29 is 10.2 Å². The Morgan fingerprint density at radius 2 is 1.12 bits per heavy atom. The monoisotopic (exact) mass is 358 g/mol. The molecule has 0 aromatic rings. The number of halogens is 6. The molecule has 0 radical (unpaired) electrons. The lowest BCUT2D eigenvalue weighted by Gasteiger charge is -2.34. The molecule has 98 valence electrons. The molecule has 2 N–H and O–H groups in total. The summed E-state index contributed by atoms with van der Waals surface area (Å²) in [6.07, 6.45) is 0. The second-order valence-corrected chi connectivity index (χ2v) is 7.48. The minimum Gasteiger partial charge on any atom is -0.396 e. The van der Waals surface area contributed by atoms with Crippen LogP contribution in [-0.4, -0.2) is 37.5 Å². The van der Waals surface area contributed by atoms with Gasteiger partial charge in [0.05, 0.1) is 10.1 Å². The third kappa shape index (κ3) is 1.34. The fourth-order valence-electron chi connectivity index (χ4n) is 2.71. The molecule has 0 spiro atoms. The van der Waals surface area contributed by atoms with Crippen molar-refractivity contribution in [3.8, 4) is 0 Å². The summed E-state index contributed by atoms with van der Waals surface area (Å²) in [4.78, 5) is -2.97. The predicted molar refractivity (Wildman–Crippen MR) is 71.5 cm³/mol. The lowest BCUT2D eigenvalue weighted by Crippen LogP contribution is -2.45. The van der Waals surface area contributed by atoms with Gasteiger partial charge in [-0.2, -0.15) is 0 Å². The smallest absolute Gasteiger partial charge is 0.167 e. The standard InChI is InChI=1S/C9H8Cl6O2/c10-5-6(11)8(13)4(2-17)3(1-16)7(5,12)9(8,14)15/h3-4,16-17H,1-2H2/t3-,4-,7-,8-/m0/s1. The van der Waals surface area contributed by atoms with Crippen molar-refractivity contribution in [3.63, 3.8) is 0 Å². The highest BCUT2D eigenvalue weighted by Crippen LogP contribution is 2.75. The highest BCUT2D eigenvalue weighted by Gasteiger charge is 2.81. The van der Waals surface area contributed by atoms with Gasteiger partial charge in [0.1, 0.15) is 9.75 Å². The Morgan fingerprint density at radius 1 is 0.824 bits per heavy atom. The van der Waals surface area contributed by atoms with Crippen LogP contribution in [0.3, 0.4) is 0 Å². The van der Waals surface area contributed by atoms with Crippen molar-refractivity contribution in [2.75, 3.05) is 13.2 Å². The van der Waals surface area contributed by atoms with Crippen molar-refractivity contribution in [1.82, 2.24) is 0 Å². The van der Waals surface area contributed by atoms with Crippen LogP contribution in [0.5, 0.6) is 0 Å². The Labute approximate surface area is 128 Å². The third-order valence-corrected chi connectivity index (χ3v) is 8.00. The first-order chi connectivity index (χ1) is 7.71. The van der Waals surface area contributed by atoms with Crippen LogP contribution in [0.15, 0.2) is 10.1 Å². The van der Waals surface area contributed by atoms with E-state index in [1.165, 1.54) is 0 Å². The van der Waals surface area contributed by atoms with E-state index in [2.05, 4.69) is 0 Å². The molecule has 1 fully saturated rings. The highest BCUT2D eigenvalue weighted by molar-refractivity contribution is 6.65. The molecule has 0 amide bonds. The summed E-state index contributed by atoms with van der Waals surface area (Å²) in [5.41, 5.74) is 0. The second kappa shape index (κ2) is 4.20. The van der Waals surface area contributed by atoms with Gasteiger partial charge in [0, 0.05) is 25.0 Å². The summed E-state index contributed by atoms with van der Waals surface area (Å²) in [6.45, 7) is -0.713. The maximum absolute atomic E-state index is 9.41. The number of hydrogen-bond donors (Lipinski definition) is 2. The molecule has 0 unspecified atom stereocenters. The lowest BCUT2D eigenvalue weighted by molar-refractivity contribution is 0.120. The zero-order valence-electron chi connectivity index (χ0n) is 8.23. The SMILES string of the molecule is OC[C@H]1[C@H](CO)[C@]2(Cl)C(Cl)=C(Cl)[C@]1(Cl)C2(Cl)Cl. The van der Waals surface area contributed by atoms with Crippen molar-refractivity contribution in [1.29, 1.82) is 0 Å². The van der Waals surface area contributed by atoms with Gasteiger partial charge in [-0.1, -0.05) is 46.4 Å². The van der Waals surface area contributed by atoms with Crippen LogP contribution in [-0.2, 0) is 0 Å². The fraction of sp³-hybridized carbons (Fsp3) is 0.778. The van der Waals surface area contributed by atoms with Crippen molar-refractivity contribution in [2.45, 2.75) is 14.1 Å². The topological polar surface area (TPSA) is 40.5 Å². The van der Waals surface area contributed by atoms with Crippen LogP contribution in [0.1, 0.15) is 0 Å². The largest absolute Gasteiger partial charge is 0.396 e. The van der Waals surface area contributed by atoms with Crippen LogP contribution in [0.25, 0.3) is 0 Å². The van der Waals surface area contributed by atoms with E-state index in [1.54, 1.807) is 0 Å². The maximum Gasteiger partial charge on any atom is 0.167 e. The number of aliphatic hydroxyl groups excluding tert-OH is 2. The van der Waals surface area contributed by atoms with Gasteiger partial charge in [0.25, 0.3) is 0 Å². The summed E-state index contributed by atoms with van der Waals surface area (Å²) in [5.74, 6) is -1.34. The van der Waals surface area contributed by atoms with Gasteiger partial charge in [-0.15, -0.1) is 23.2 Å². The van der Waals surface area contributed by atoms with Gasteiger partial charge in [0.2, 0.25) is 0 Å². The molecular formula is C9H8Cl6O2. The average Bonchev–Trinajstić information content (AvgIpc) is 2.48. The van der Waals surface area contributed by atoms with E-state index < -0.39 is 25.9 Å². The molecule has 0 saturated heterocycles. The zero-order valence-corrected chi connectivity index (χ0v) is 12.8. The van der Waals surface area contributed by atoms with Gasteiger partial charge in [-0.3, -0.25) is 0 Å². The minimum atomic E-state index is -1.70. The molecular weight excluding hydrogens is 353 g/mol. The van der Waals surface area contributed by atoms with Crippen LogP contribution in [0, 0.1) is 11.8 Å². The van der Waals surface area contributed by atoms with Gasteiger partial charge < -0.3 is 10.2 Å². The van der Waals surface area contributed by atoms with E-state index in [0.717, 1.165) is 0 Å². The Balaban J connectivity index is 2.72. The highest BCUT2D eigenvalue weighted by atomic mass is 35.5. The lowest BCUT2D eigenvalue weighted by atomic mass is 9.83. The van der Waals surface area contributed by atoms with E-state index in [1.807, 2.05) is 0 Å². The van der Waals surface area contributed by atoms with E-state index in [-0.39, 0.29) is 23.3 Å². The molecule has 1 saturated carbocycles. The molecule has 8 heteroatoms. The van der Waals surface area contributed by atoms with Gasteiger partial charge in [0.15, 0.2) is 4.33 Å². The molecule has 17 heavy (non-hydrogen) atoms. The molecule has 2 rings (SSSR count). The third-order valence-electron chi connectivity index (χ3n) is 3.65. The Kier molecular flexibility index (Phi) is 3.65. The Hall–Kier alpha value is 1.40. The van der Waals surface area contributed by atoms with E-state index in [0.29, 0.717) is 0 Å². The predicted octanol–water partition coefficient (Wildman–Crippen LogP) is 3.05. The molecule has 2 bridgehead atoms. The van der Waals surface area contributed by atoms with Gasteiger partial charge in [-0.05, 0) is 0 Å². The van der Waals surface area contributed by atoms with Gasteiger partial charge >= 0.3 is 0 Å². The summed E-state index contributed by atoms with van der Waals surface area (Å²) in [5, 5.41) is 18.9. The number of allylic oxidation sites excluding steroid dienone is 2. The first-order valence-corrected chi connectivity index (χ1v) is 7.01. The maximum atomic E-state index is 9.41. The average molecular weight is 361 g/mol. The van der Waals surface area contributed by atoms with Crippen LogP contribution in [0.4, 0.5) is 0 Å². The van der Waals surface area contributed by atoms with E-state index in [4.69, 9.17) is 69.6 Å². The second-order valence-electron chi connectivity index (χ2n) is 4.20. The fourth-order valence-corrected chi connectivity index (χ4v) is 5.78. The van der Waals surface area contributed by atoms with E-state index in [9.17, 15) is 10.2 Å². The molecule has 2 nitrogen and oxygen atoms in total. The summed E-state index contributed by atoms with van der Waals surface area (Å²) >= 11 is 37.3. The number of fused-ring (bicyclic) bond motifs is 2. The summed E-state index contributed by atoms with van der Waals surface area (Å²) in [6, 6.07) is 0. The Bertz CT molecular complexity index is 363. The quantitative estimate of drug-likeness (QED) is 0.743. The zero-order chi connectivity index (χ0) is 13.2. The van der Waals surface area contributed by atoms with Gasteiger partial charge in [-0.25, -0.2) is 0 Å². The molecule has 4 atom stereocenters. The summed E-state index contributed by atoms with van der Waals surface area (Å²) < 4.78 is -1.70. The van der Waals surface area contributed by atoms with Crippen molar-refractivity contribution in [2.24, 2.45) is 11.8 Å². The first kappa shape index (κ1) is 14.8. The minimum absolute atomic E-state index is 0.0320. The number of alkyl halides is 4. The van der Waals surface area contributed by atoms with E-state index >= 15 is 0 Å². The number of aliphatic hydroxyl groups is 2. The Morgan fingerprint density at radius 3 is 1.35 bits per heavy atom. The number of rotatable bonds is 2. The normalized spacial score (nSPS) is 48.0. The number of hydrogen-bond acceptors (Lipinski definition) is 2. The molecule has 2 aliphatic carbocycles. The van der Waals surface area contributed by atoms with Crippen LogP contribution in [0.2, 0.25) is 0 Å². The molecule has 2 aliphatic rings. The van der Waals surface area contributed by atoms with Crippen molar-refractivity contribution in [3.05, 3.63) is 10.1 Å². The molecule has 0 aliphatic heterocycles.